The maximum absolute atomic E-state index is 9.56. The first-order valence-corrected chi connectivity index (χ1v) is 3.75. The van der Waals surface area contributed by atoms with Crippen molar-refractivity contribution < 1.29 is 11.2 Å². The van der Waals surface area contributed by atoms with Gasteiger partial charge in [0.2, 0.25) is 0 Å². The largest absolute Gasteiger partial charge is 0.390 e. The monoisotopic (exact) mass is 145 g/mol. The van der Waals surface area contributed by atoms with E-state index in [1.54, 1.807) is 0 Å². The number of hydrogen-bond acceptors (Lipinski definition) is 2. The van der Waals surface area contributed by atoms with Gasteiger partial charge in [0.05, 0.1) is 12.2 Å². The molecule has 0 aromatic rings. The fourth-order valence-corrected chi connectivity index (χ4v) is 1.20. The minimum absolute atomic E-state index is 0.165. The molecule has 0 aromatic carbocycles. The van der Waals surface area contributed by atoms with Gasteiger partial charge in [-0.2, -0.15) is 0 Å². The molecule has 60 valence electrons. The van der Waals surface area contributed by atoms with Gasteiger partial charge in [0.1, 0.15) is 0 Å². The second kappa shape index (κ2) is 2.89. The lowest BCUT2D eigenvalue weighted by Crippen LogP contribution is -2.42. The fourth-order valence-electron chi connectivity index (χ4n) is 1.20. The van der Waals surface area contributed by atoms with E-state index in [2.05, 4.69) is 6.92 Å². The standard InChI is InChI=1S/C8H16O2/c1-5-4-10-7(3)8(9)6(5)2/h5-9H,4H2,1-3H3/t5-,6+,7-,8?/m1/s1/i3D. The Hall–Kier alpha value is -0.0800. The highest BCUT2D eigenvalue weighted by molar-refractivity contribution is 4.79. The van der Waals surface area contributed by atoms with Gasteiger partial charge in [-0.15, -0.1) is 0 Å². The van der Waals surface area contributed by atoms with E-state index >= 15 is 0 Å². The molecular formula is C8H16O2. The summed E-state index contributed by atoms with van der Waals surface area (Å²) in [6.45, 7) is 4.93. The van der Waals surface area contributed by atoms with Crippen LogP contribution in [0.15, 0.2) is 0 Å². The van der Waals surface area contributed by atoms with Crippen molar-refractivity contribution in [3.63, 3.8) is 0 Å². The van der Waals surface area contributed by atoms with Crippen molar-refractivity contribution in [3.8, 4) is 0 Å². The molecule has 1 heterocycles. The molecule has 0 saturated carbocycles. The minimum atomic E-state index is -0.448. The third-order valence-corrected chi connectivity index (χ3v) is 2.39. The van der Waals surface area contributed by atoms with Gasteiger partial charge in [-0.1, -0.05) is 13.8 Å². The third-order valence-electron chi connectivity index (χ3n) is 2.39. The number of ether oxygens (including phenoxy) is 1. The van der Waals surface area contributed by atoms with Crippen molar-refractivity contribution in [2.24, 2.45) is 11.8 Å². The Bertz CT molecular complexity index is 127. The summed E-state index contributed by atoms with van der Waals surface area (Å²) in [5, 5.41) is 9.56. The molecule has 2 nitrogen and oxygen atoms in total. The van der Waals surface area contributed by atoms with E-state index in [-0.39, 0.29) is 18.9 Å². The maximum atomic E-state index is 9.56. The van der Waals surface area contributed by atoms with Crippen LogP contribution in [0.25, 0.3) is 0 Å². The molecule has 0 radical (unpaired) electrons. The van der Waals surface area contributed by atoms with Crippen LogP contribution in [0.1, 0.15) is 22.1 Å². The summed E-state index contributed by atoms with van der Waals surface area (Å²) in [5.41, 5.74) is 0. The zero-order chi connectivity index (χ0) is 8.43. The molecule has 2 heteroatoms. The number of aliphatic hydroxyl groups is 1. The summed E-state index contributed by atoms with van der Waals surface area (Å²) in [4.78, 5) is 0. The van der Waals surface area contributed by atoms with Gasteiger partial charge < -0.3 is 9.84 Å². The Balaban J connectivity index is 2.52. The average Bonchev–Trinajstić information content (AvgIpc) is 2.01. The van der Waals surface area contributed by atoms with Crippen LogP contribution in [0.5, 0.6) is 0 Å². The van der Waals surface area contributed by atoms with Crippen molar-refractivity contribution in [2.75, 3.05) is 6.61 Å². The van der Waals surface area contributed by atoms with E-state index in [1.165, 1.54) is 0 Å². The number of aliphatic hydroxyl groups excluding tert-OH is 1. The molecule has 1 rings (SSSR count). The van der Waals surface area contributed by atoms with Gasteiger partial charge in [0, 0.05) is 7.98 Å². The first-order chi connectivity index (χ1) is 5.16. The van der Waals surface area contributed by atoms with E-state index in [1.807, 2.05) is 6.92 Å². The molecule has 10 heavy (non-hydrogen) atoms. The number of hydrogen-bond donors (Lipinski definition) is 1. The molecule has 0 spiro atoms. The maximum Gasteiger partial charge on any atom is 0.0827 e. The molecule has 1 unspecified atom stereocenters. The van der Waals surface area contributed by atoms with Gasteiger partial charge >= 0.3 is 0 Å². The van der Waals surface area contributed by atoms with Gasteiger partial charge in [0.25, 0.3) is 0 Å². The van der Waals surface area contributed by atoms with Gasteiger partial charge in [-0.3, -0.25) is 0 Å². The summed E-state index contributed by atoms with van der Waals surface area (Å²) in [7, 11) is 0. The lowest BCUT2D eigenvalue weighted by Gasteiger charge is -2.35. The van der Waals surface area contributed by atoms with Gasteiger partial charge in [-0.25, -0.2) is 0 Å². The molecule has 1 aliphatic rings. The smallest absolute Gasteiger partial charge is 0.0827 e. The molecule has 0 aliphatic carbocycles. The van der Waals surface area contributed by atoms with Crippen LogP contribution < -0.4 is 0 Å². The highest BCUT2D eigenvalue weighted by atomic mass is 16.5. The topological polar surface area (TPSA) is 29.5 Å². The Kier molecular flexibility index (Phi) is 1.91. The minimum Gasteiger partial charge on any atom is -0.390 e. The fraction of sp³-hybridized carbons (Fsp3) is 1.00. The first-order valence-electron chi connectivity index (χ1n) is 4.46. The molecule has 0 amide bonds. The normalized spacial score (nSPS) is 50.5. The molecular weight excluding hydrogens is 128 g/mol. The van der Waals surface area contributed by atoms with E-state index in [9.17, 15) is 5.11 Å². The summed E-state index contributed by atoms with van der Waals surface area (Å²) >= 11 is 0. The lowest BCUT2D eigenvalue weighted by molar-refractivity contribution is -0.116. The third kappa shape index (κ3) is 1.32. The van der Waals surface area contributed by atoms with Crippen molar-refractivity contribution in [2.45, 2.75) is 33.0 Å². The van der Waals surface area contributed by atoms with E-state index in [4.69, 9.17) is 6.11 Å². The molecule has 1 fully saturated rings. The zero-order valence-electron chi connectivity index (χ0n) is 7.58. The highest BCUT2D eigenvalue weighted by Gasteiger charge is 2.31. The van der Waals surface area contributed by atoms with Gasteiger partial charge in [0.15, 0.2) is 0 Å². The predicted molar refractivity (Wildman–Crippen MR) is 39.7 cm³/mol. The Morgan fingerprint density at radius 1 is 1.60 bits per heavy atom. The molecule has 4 atom stereocenters. The SMILES string of the molecule is [2H]C[C@H]1OC[C@@H](C)[C@H](C)C1O. The first kappa shape index (κ1) is 6.62. The molecule has 1 N–H and O–H groups in total. The Labute approximate surface area is 63.6 Å². The highest BCUT2D eigenvalue weighted by Crippen LogP contribution is 2.24. The van der Waals surface area contributed by atoms with Crippen molar-refractivity contribution in [1.29, 1.82) is 0 Å². The van der Waals surface area contributed by atoms with E-state index in [0.717, 1.165) is 0 Å². The average molecular weight is 145 g/mol. The second-order valence-corrected chi connectivity index (χ2v) is 3.20. The summed E-state index contributed by atoms with van der Waals surface area (Å²) < 4.78 is 12.4. The van der Waals surface area contributed by atoms with Crippen LogP contribution in [0.3, 0.4) is 0 Å². The van der Waals surface area contributed by atoms with Crippen molar-refractivity contribution >= 4 is 0 Å². The summed E-state index contributed by atoms with van der Waals surface area (Å²) in [6.07, 6.45) is -0.711. The predicted octanol–water partition coefficient (Wildman–Crippen LogP) is 1.04. The van der Waals surface area contributed by atoms with Crippen LogP contribution in [-0.4, -0.2) is 23.9 Å². The molecule has 0 aromatic heterocycles. The van der Waals surface area contributed by atoms with Crippen molar-refractivity contribution in [3.05, 3.63) is 0 Å². The van der Waals surface area contributed by atoms with Crippen LogP contribution in [-0.2, 0) is 4.74 Å². The molecule has 0 bridgehead atoms. The van der Waals surface area contributed by atoms with Crippen LogP contribution in [0.4, 0.5) is 0 Å². The molecule has 1 aliphatic heterocycles. The summed E-state index contributed by atoms with van der Waals surface area (Å²) in [5.74, 6) is 0.673. The van der Waals surface area contributed by atoms with Crippen LogP contribution in [0.2, 0.25) is 0 Å². The zero-order valence-corrected chi connectivity index (χ0v) is 6.58. The van der Waals surface area contributed by atoms with Crippen LogP contribution in [0, 0.1) is 11.8 Å². The lowest BCUT2D eigenvalue weighted by atomic mass is 9.86. The van der Waals surface area contributed by atoms with E-state index in [0.29, 0.717) is 12.5 Å². The quantitative estimate of drug-likeness (QED) is 0.552. The Morgan fingerprint density at radius 3 is 2.90 bits per heavy atom. The summed E-state index contributed by atoms with van der Waals surface area (Å²) in [6, 6.07) is 0. The molecule has 1 saturated heterocycles. The second-order valence-electron chi connectivity index (χ2n) is 3.20. The van der Waals surface area contributed by atoms with Crippen LogP contribution >= 0.6 is 0 Å². The van der Waals surface area contributed by atoms with Crippen molar-refractivity contribution in [1.82, 2.24) is 0 Å². The Morgan fingerprint density at radius 2 is 2.30 bits per heavy atom. The van der Waals surface area contributed by atoms with Gasteiger partial charge in [-0.05, 0) is 18.7 Å². The van der Waals surface area contributed by atoms with E-state index < -0.39 is 6.10 Å². The number of rotatable bonds is 0.